The fourth-order valence-electron chi connectivity index (χ4n) is 1.22. The van der Waals surface area contributed by atoms with Crippen LogP contribution in [-0.2, 0) is 6.42 Å². The summed E-state index contributed by atoms with van der Waals surface area (Å²) < 4.78 is 23.1. The van der Waals surface area contributed by atoms with Gasteiger partial charge in [0, 0.05) is 0 Å². The van der Waals surface area contributed by atoms with Gasteiger partial charge in [-0.25, -0.2) is 4.39 Å². The first-order chi connectivity index (χ1) is 5.81. The van der Waals surface area contributed by atoms with Crippen molar-refractivity contribution in [1.82, 2.24) is 0 Å². The summed E-state index contributed by atoms with van der Waals surface area (Å²) in [4.78, 5) is 0. The van der Waals surface area contributed by atoms with Gasteiger partial charge in [-0.3, -0.25) is 0 Å². The van der Waals surface area contributed by atoms with E-state index in [4.69, 9.17) is 9.47 Å². The second kappa shape index (κ2) is 2.66. The molecule has 0 saturated carbocycles. The first-order valence-corrected chi connectivity index (χ1v) is 3.89. The Morgan fingerprint density at radius 1 is 1.42 bits per heavy atom. The molecule has 0 unspecified atom stereocenters. The summed E-state index contributed by atoms with van der Waals surface area (Å²) in [5, 5.41) is 0. The lowest BCUT2D eigenvalue weighted by molar-refractivity contribution is 0.171. The van der Waals surface area contributed by atoms with Gasteiger partial charge in [-0.05, 0) is 24.1 Å². The van der Waals surface area contributed by atoms with E-state index in [0.29, 0.717) is 5.75 Å². The lowest BCUT2D eigenvalue weighted by atomic mass is 10.1. The van der Waals surface area contributed by atoms with E-state index in [1.165, 1.54) is 6.07 Å². The summed E-state index contributed by atoms with van der Waals surface area (Å²) in [6.45, 7) is 2.09. The van der Waals surface area contributed by atoms with E-state index in [1.54, 1.807) is 0 Å². The zero-order valence-electron chi connectivity index (χ0n) is 6.76. The predicted molar refractivity (Wildman–Crippen MR) is 41.9 cm³/mol. The number of rotatable bonds is 1. The van der Waals surface area contributed by atoms with Crippen molar-refractivity contribution in [3.63, 3.8) is 0 Å². The number of benzene rings is 1. The summed E-state index contributed by atoms with van der Waals surface area (Å²) >= 11 is 0. The normalized spacial score (nSPS) is 13.5. The minimum atomic E-state index is -0.332. The monoisotopic (exact) mass is 168 g/mol. The minimum absolute atomic E-state index is 0.124. The lowest BCUT2D eigenvalue weighted by Gasteiger charge is -2.00. The second-order valence-electron chi connectivity index (χ2n) is 2.66. The lowest BCUT2D eigenvalue weighted by Crippen LogP contribution is -1.93. The molecule has 0 saturated heterocycles. The zero-order chi connectivity index (χ0) is 8.55. The number of fused-ring (bicyclic) bond motifs is 1. The molecule has 1 aliphatic heterocycles. The van der Waals surface area contributed by atoms with Gasteiger partial charge >= 0.3 is 0 Å². The molecule has 3 heteroatoms. The number of halogens is 1. The Balaban J connectivity index is 2.51. The van der Waals surface area contributed by atoms with Crippen LogP contribution in [0.3, 0.4) is 0 Å². The minimum Gasteiger partial charge on any atom is -0.453 e. The quantitative estimate of drug-likeness (QED) is 0.639. The van der Waals surface area contributed by atoms with E-state index in [0.717, 1.165) is 12.0 Å². The van der Waals surface area contributed by atoms with Crippen molar-refractivity contribution < 1.29 is 13.9 Å². The first kappa shape index (κ1) is 7.40. The van der Waals surface area contributed by atoms with Gasteiger partial charge in [0.2, 0.25) is 12.5 Å². The molecule has 0 spiro atoms. The molecule has 2 rings (SSSR count). The van der Waals surface area contributed by atoms with Gasteiger partial charge in [0.1, 0.15) is 0 Å². The highest BCUT2D eigenvalue weighted by atomic mass is 19.1. The van der Waals surface area contributed by atoms with Crippen LogP contribution in [0, 0.1) is 5.82 Å². The molecule has 1 aliphatic rings. The first-order valence-electron chi connectivity index (χ1n) is 3.89. The summed E-state index contributed by atoms with van der Waals surface area (Å²) in [7, 11) is 0. The number of aryl methyl sites for hydroxylation is 1. The van der Waals surface area contributed by atoms with Gasteiger partial charge in [0.15, 0.2) is 11.6 Å². The molecule has 12 heavy (non-hydrogen) atoms. The van der Waals surface area contributed by atoms with Crippen molar-refractivity contribution >= 4 is 0 Å². The fourth-order valence-corrected chi connectivity index (χ4v) is 1.22. The van der Waals surface area contributed by atoms with Gasteiger partial charge < -0.3 is 9.47 Å². The van der Waals surface area contributed by atoms with Crippen LogP contribution in [0.1, 0.15) is 12.5 Å². The largest absolute Gasteiger partial charge is 0.453 e. The fraction of sp³-hybridized carbons (Fsp3) is 0.333. The molecule has 0 radical (unpaired) electrons. The Morgan fingerprint density at radius 2 is 2.25 bits per heavy atom. The Labute approximate surface area is 69.9 Å². The SMILES string of the molecule is CCc1cc(F)c2c(c1)OCO2. The van der Waals surface area contributed by atoms with E-state index >= 15 is 0 Å². The van der Waals surface area contributed by atoms with Crippen molar-refractivity contribution in [3.05, 3.63) is 23.5 Å². The van der Waals surface area contributed by atoms with Crippen molar-refractivity contribution in [2.24, 2.45) is 0 Å². The van der Waals surface area contributed by atoms with E-state index in [2.05, 4.69) is 0 Å². The van der Waals surface area contributed by atoms with Crippen LogP contribution in [-0.4, -0.2) is 6.79 Å². The van der Waals surface area contributed by atoms with Crippen LogP contribution in [0.15, 0.2) is 12.1 Å². The van der Waals surface area contributed by atoms with E-state index in [-0.39, 0.29) is 18.4 Å². The topological polar surface area (TPSA) is 18.5 Å². The second-order valence-corrected chi connectivity index (χ2v) is 2.66. The van der Waals surface area contributed by atoms with E-state index < -0.39 is 0 Å². The molecule has 64 valence electrons. The third kappa shape index (κ3) is 1.02. The molecular weight excluding hydrogens is 159 g/mol. The highest BCUT2D eigenvalue weighted by Crippen LogP contribution is 2.35. The van der Waals surface area contributed by atoms with Crippen molar-refractivity contribution in [3.8, 4) is 11.5 Å². The van der Waals surface area contributed by atoms with Crippen LogP contribution in [0.25, 0.3) is 0 Å². The Hall–Kier alpha value is -1.25. The van der Waals surface area contributed by atoms with Crippen LogP contribution >= 0.6 is 0 Å². The number of hydrogen-bond acceptors (Lipinski definition) is 2. The number of ether oxygens (including phenoxy) is 2. The van der Waals surface area contributed by atoms with Gasteiger partial charge in [0.05, 0.1) is 0 Å². The highest BCUT2D eigenvalue weighted by molar-refractivity contribution is 5.45. The molecule has 0 N–H and O–H groups in total. The Bertz CT molecular complexity index is 310. The molecule has 1 aromatic carbocycles. The average molecular weight is 168 g/mol. The third-order valence-corrected chi connectivity index (χ3v) is 1.90. The summed E-state index contributed by atoms with van der Waals surface area (Å²) in [5.41, 5.74) is 0.928. The molecule has 0 amide bonds. The van der Waals surface area contributed by atoms with Crippen molar-refractivity contribution in [2.45, 2.75) is 13.3 Å². The van der Waals surface area contributed by atoms with Crippen molar-refractivity contribution in [2.75, 3.05) is 6.79 Å². The van der Waals surface area contributed by atoms with Crippen LogP contribution in [0.5, 0.6) is 11.5 Å². The van der Waals surface area contributed by atoms with Gasteiger partial charge in [-0.1, -0.05) is 6.92 Å². The number of hydrogen-bond donors (Lipinski definition) is 0. The van der Waals surface area contributed by atoms with Crippen LogP contribution < -0.4 is 9.47 Å². The summed E-state index contributed by atoms with van der Waals surface area (Å²) in [6, 6.07) is 3.29. The third-order valence-electron chi connectivity index (χ3n) is 1.90. The van der Waals surface area contributed by atoms with Crippen molar-refractivity contribution in [1.29, 1.82) is 0 Å². The maximum absolute atomic E-state index is 13.1. The van der Waals surface area contributed by atoms with Gasteiger partial charge in [-0.2, -0.15) is 0 Å². The van der Waals surface area contributed by atoms with E-state index in [1.807, 2.05) is 13.0 Å². The Morgan fingerprint density at radius 3 is 3.00 bits per heavy atom. The van der Waals surface area contributed by atoms with Crippen LogP contribution in [0.2, 0.25) is 0 Å². The predicted octanol–water partition coefficient (Wildman–Crippen LogP) is 2.12. The average Bonchev–Trinajstić information content (AvgIpc) is 2.52. The summed E-state index contributed by atoms with van der Waals surface area (Å²) in [5.74, 6) is 0.431. The molecule has 0 bridgehead atoms. The summed E-state index contributed by atoms with van der Waals surface area (Å²) in [6.07, 6.45) is 0.799. The molecule has 0 fully saturated rings. The molecule has 1 aromatic rings. The molecule has 0 aliphatic carbocycles. The zero-order valence-corrected chi connectivity index (χ0v) is 6.76. The molecule has 0 atom stereocenters. The highest BCUT2D eigenvalue weighted by Gasteiger charge is 2.18. The molecular formula is C9H9FO2. The standard InChI is InChI=1S/C9H9FO2/c1-2-6-3-7(10)9-8(4-6)11-5-12-9/h3-4H,2,5H2,1H3. The molecule has 1 heterocycles. The maximum Gasteiger partial charge on any atom is 0.231 e. The van der Waals surface area contributed by atoms with Crippen LogP contribution in [0.4, 0.5) is 4.39 Å². The molecule has 2 nitrogen and oxygen atoms in total. The Kier molecular flexibility index (Phi) is 1.64. The van der Waals surface area contributed by atoms with Gasteiger partial charge in [0.25, 0.3) is 0 Å². The van der Waals surface area contributed by atoms with Gasteiger partial charge in [-0.15, -0.1) is 0 Å². The molecule has 0 aromatic heterocycles. The maximum atomic E-state index is 13.1. The smallest absolute Gasteiger partial charge is 0.231 e. The van der Waals surface area contributed by atoms with E-state index in [9.17, 15) is 4.39 Å².